The monoisotopic (exact) mass is 228 g/mol. The van der Waals surface area contributed by atoms with Gasteiger partial charge in [-0.1, -0.05) is 19.8 Å². The van der Waals surface area contributed by atoms with Crippen molar-refractivity contribution in [3.63, 3.8) is 0 Å². The number of nitrogens with one attached hydrogen (secondary N) is 1. The van der Waals surface area contributed by atoms with Gasteiger partial charge in [-0.05, 0) is 19.8 Å². The Morgan fingerprint density at radius 1 is 1.44 bits per heavy atom. The van der Waals surface area contributed by atoms with E-state index in [1.807, 2.05) is 13.8 Å². The highest BCUT2D eigenvalue weighted by Gasteiger charge is 2.33. The van der Waals surface area contributed by atoms with Crippen molar-refractivity contribution in [2.45, 2.75) is 45.6 Å². The van der Waals surface area contributed by atoms with Crippen LogP contribution < -0.4 is 11.1 Å². The van der Waals surface area contributed by atoms with Crippen molar-refractivity contribution in [1.82, 2.24) is 5.32 Å². The van der Waals surface area contributed by atoms with E-state index in [0.717, 1.165) is 25.7 Å². The Morgan fingerprint density at radius 3 is 2.44 bits per heavy atom. The van der Waals surface area contributed by atoms with Gasteiger partial charge in [-0.2, -0.15) is 0 Å². The molecular formula is C12H24N2O2. The maximum Gasteiger partial charge on any atom is 0.224 e. The number of carbonyl (C=O) groups is 1. The second-order valence-corrected chi connectivity index (χ2v) is 5.23. The SMILES string of the molecule is CC(N)C(C)C(=O)NCC1(CO)CCCC1. The minimum atomic E-state index is -0.169. The van der Waals surface area contributed by atoms with Crippen LogP contribution in [-0.4, -0.2) is 30.2 Å². The molecule has 94 valence electrons. The van der Waals surface area contributed by atoms with Crippen molar-refractivity contribution >= 4 is 5.91 Å². The molecule has 1 aliphatic rings. The van der Waals surface area contributed by atoms with Crippen LogP contribution in [0, 0.1) is 11.3 Å². The number of amides is 1. The van der Waals surface area contributed by atoms with E-state index in [1.54, 1.807) is 0 Å². The van der Waals surface area contributed by atoms with Crippen LogP contribution >= 0.6 is 0 Å². The van der Waals surface area contributed by atoms with Gasteiger partial charge in [0.05, 0.1) is 6.61 Å². The summed E-state index contributed by atoms with van der Waals surface area (Å²) in [5.41, 5.74) is 5.60. The Morgan fingerprint density at radius 2 is 2.00 bits per heavy atom. The van der Waals surface area contributed by atoms with E-state index in [9.17, 15) is 9.90 Å². The number of aliphatic hydroxyl groups is 1. The fourth-order valence-corrected chi connectivity index (χ4v) is 2.19. The van der Waals surface area contributed by atoms with Gasteiger partial charge in [0.2, 0.25) is 5.91 Å². The molecule has 0 spiro atoms. The molecule has 0 aliphatic heterocycles. The van der Waals surface area contributed by atoms with Gasteiger partial charge in [0.15, 0.2) is 0 Å². The average molecular weight is 228 g/mol. The summed E-state index contributed by atoms with van der Waals surface area (Å²) >= 11 is 0. The first kappa shape index (κ1) is 13.5. The number of carbonyl (C=O) groups excluding carboxylic acids is 1. The van der Waals surface area contributed by atoms with Gasteiger partial charge in [-0.3, -0.25) is 4.79 Å². The fourth-order valence-electron chi connectivity index (χ4n) is 2.19. The lowest BCUT2D eigenvalue weighted by atomic mass is 9.87. The molecule has 2 unspecified atom stereocenters. The Balaban J connectivity index is 2.41. The summed E-state index contributed by atoms with van der Waals surface area (Å²) in [5.74, 6) is -0.174. The second kappa shape index (κ2) is 5.64. The first-order chi connectivity index (χ1) is 7.51. The zero-order valence-electron chi connectivity index (χ0n) is 10.3. The summed E-state index contributed by atoms with van der Waals surface area (Å²) in [5, 5.41) is 12.3. The van der Waals surface area contributed by atoms with Crippen LogP contribution in [0.2, 0.25) is 0 Å². The summed E-state index contributed by atoms with van der Waals surface area (Å²) in [6, 6.07) is -0.131. The third-order valence-corrected chi connectivity index (χ3v) is 3.84. The number of hydrogen-bond donors (Lipinski definition) is 3. The molecule has 0 saturated heterocycles. The fraction of sp³-hybridized carbons (Fsp3) is 0.917. The van der Waals surface area contributed by atoms with Crippen LogP contribution in [0.25, 0.3) is 0 Å². The van der Waals surface area contributed by atoms with Gasteiger partial charge >= 0.3 is 0 Å². The van der Waals surface area contributed by atoms with Crippen LogP contribution in [0.4, 0.5) is 0 Å². The summed E-state index contributed by atoms with van der Waals surface area (Å²) in [6.45, 7) is 4.42. The minimum Gasteiger partial charge on any atom is -0.396 e. The standard InChI is InChI=1S/C12H24N2O2/c1-9(10(2)13)11(16)14-7-12(8-15)5-3-4-6-12/h9-10,15H,3-8,13H2,1-2H3,(H,14,16). The van der Waals surface area contributed by atoms with E-state index in [4.69, 9.17) is 5.73 Å². The maximum atomic E-state index is 11.7. The quantitative estimate of drug-likeness (QED) is 0.646. The summed E-state index contributed by atoms with van der Waals surface area (Å²) in [4.78, 5) is 11.7. The number of hydrogen-bond acceptors (Lipinski definition) is 3. The molecule has 4 N–H and O–H groups in total. The second-order valence-electron chi connectivity index (χ2n) is 5.23. The zero-order valence-corrected chi connectivity index (χ0v) is 10.3. The van der Waals surface area contributed by atoms with E-state index in [-0.39, 0.29) is 29.9 Å². The van der Waals surface area contributed by atoms with Crippen LogP contribution in [0.3, 0.4) is 0 Å². The lowest BCUT2D eigenvalue weighted by Crippen LogP contribution is -2.44. The molecule has 1 aliphatic carbocycles. The normalized spacial score (nSPS) is 22.8. The molecule has 0 aromatic rings. The van der Waals surface area contributed by atoms with Gasteiger partial charge < -0.3 is 16.2 Å². The lowest BCUT2D eigenvalue weighted by molar-refractivity contribution is -0.125. The molecule has 0 heterocycles. The summed E-state index contributed by atoms with van der Waals surface area (Å²) < 4.78 is 0. The van der Waals surface area contributed by atoms with Crippen molar-refractivity contribution in [2.24, 2.45) is 17.1 Å². The van der Waals surface area contributed by atoms with E-state index in [2.05, 4.69) is 5.32 Å². The Hall–Kier alpha value is -0.610. The van der Waals surface area contributed by atoms with Crippen LogP contribution in [-0.2, 0) is 4.79 Å². The highest BCUT2D eigenvalue weighted by Crippen LogP contribution is 2.36. The first-order valence-corrected chi connectivity index (χ1v) is 6.15. The highest BCUT2D eigenvalue weighted by molar-refractivity contribution is 5.78. The number of nitrogens with two attached hydrogens (primary N) is 1. The molecule has 1 saturated carbocycles. The summed E-state index contributed by atoms with van der Waals surface area (Å²) in [6.07, 6.45) is 4.32. The largest absolute Gasteiger partial charge is 0.396 e. The van der Waals surface area contributed by atoms with Gasteiger partial charge in [-0.25, -0.2) is 0 Å². The predicted molar refractivity (Wildman–Crippen MR) is 63.8 cm³/mol. The van der Waals surface area contributed by atoms with E-state index >= 15 is 0 Å². The number of rotatable bonds is 5. The zero-order chi connectivity index (χ0) is 12.2. The minimum absolute atomic E-state index is 0.00488. The smallest absolute Gasteiger partial charge is 0.224 e. The van der Waals surface area contributed by atoms with Crippen molar-refractivity contribution in [2.75, 3.05) is 13.2 Å². The van der Waals surface area contributed by atoms with Gasteiger partial charge in [0, 0.05) is 23.9 Å². The molecule has 1 amide bonds. The van der Waals surface area contributed by atoms with Crippen LogP contribution in [0.1, 0.15) is 39.5 Å². The molecule has 1 rings (SSSR count). The average Bonchev–Trinajstić information content (AvgIpc) is 2.74. The van der Waals surface area contributed by atoms with Gasteiger partial charge in [0.25, 0.3) is 0 Å². The molecule has 1 fully saturated rings. The van der Waals surface area contributed by atoms with Crippen molar-refractivity contribution < 1.29 is 9.90 Å². The van der Waals surface area contributed by atoms with E-state index in [0.29, 0.717) is 6.54 Å². The first-order valence-electron chi connectivity index (χ1n) is 6.15. The molecule has 0 bridgehead atoms. The van der Waals surface area contributed by atoms with Crippen molar-refractivity contribution in [1.29, 1.82) is 0 Å². The third kappa shape index (κ3) is 3.19. The van der Waals surface area contributed by atoms with Crippen LogP contribution in [0.15, 0.2) is 0 Å². The molecule has 16 heavy (non-hydrogen) atoms. The highest BCUT2D eigenvalue weighted by atomic mass is 16.3. The predicted octanol–water partition coefficient (Wildman–Crippen LogP) is 0.639. The third-order valence-electron chi connectivity index (χ3n) is 3.84. The molecule has 2 atom stereocenters. The van der Waals surface area contributed by atoms with Gasteiger partial charge in [-0.15, -0.1) is 0 Å². The van der Waals surface area contributed by atoms with Crippen LogP contribution in [0.5, 0.6) is 0 Å². The molecule has 4 heteroatoms. The maximum absolute atomic E-state index is 11.7. The van der Waals surface area contributed by atoms with Crippen molar-refractivity contribution in [3.05, 3.63) is 0 Å². The Labute approximate surface area is 97.6 Å². The molecule has 0 radical (unpaired) electrons. The molecular weight excluding hydrogens is 204 g/mol. The summed E-state index contributed by atoms with van der Waals surface area (Å²) in [7, 11) is 0. The van der Waals surface area contributed by atoms with E-state index < -0.39 is 0 Å². The lowest BCUT2D eigenvalue weighted by Gasteiger charge is -2.27. The Kier molecular flexibility index (Phi) is 4.74. The molecule has 0 aromatic carbocycles. The Bertz CT molecular complexity index is 235. The van der Waals surface area contributed by atoms with E-state index in [1.165, 1.54) is 0 Å². The van der Waals surface area contributed by atoms with Crippen molar-refractivity contribution in [3.8, 4) is 0 Å². The molecule has 0 aromatic heterocycles. The van der Waals surface area contributed by atoms with Gasteiger partial charge in [0.1, 0.15) is 0 Å². The molecule has 4 nitrogen and oxygen atoms in total. The number of aliphatic hydroxyl groups excluding tert-OH is 1. The topological polar surface area (TPSA) is 75.4 Å².